The van der Waals surface area contributed by atoms with Crippen LogP contribution in [-0.4, -0.2) is 60.6 Å². The van der Waals surface area contributed by atoms with Crippen molar-refractivity contribution in [1.29, 1.82) is 0 Å². The zero-order chi connectivity index (χ0) is 26.3. The molecule has 1 heterocycles. The Morgan fingerprint density at radius 3 is 1.94 bits per heavy atom. The van der Waals surface area contributed by atoms with Gasteiger partial charge < -0.3 is 15.1 Å². The number of aliphatic carboxylic acids is 1. The summed E-state index contributed by atoms with van der Waals surface area (Å²) in [6, 6.07) is 6.71. The Labute approximate surface area is 193 Å². The SMILES string of the molecule is CCN(CC)c1ncc(NS(=O)(=O)c2ccc(C(C)=O)cc2)cc1C(=O)O.O=C(O)C(F)(F)F. The monoisotopic (exact) mass is 505 g/mol. The van der Waals surface area contributed by atoms with Gasteiger partial charge in [0, 0.05) is 18.7 Å². The molecule has 0 aliphatic rings. The van der Waals surface area contributed by atoms with Crippen LogP contribution >= 0.6 is 0 Å². The van der Waals surface area contributed by atoms with Crippen molar-refractivity contribution in [2.45, 2.75) is 31.8 Å². The van der Waals surface area contributed by atoms with E-state index in [0.29, 0.717) is 18.7 Å². The predicted octanol–water partition coefficient (Wildman–Crippen LogP) is 3.26. The Hall–Kier alpha value is -3.68. The topological polar surface area (TPSA) is 154 Å². The lowest BCUT2D eigenvalue weighted by molar-refractivity contribution is -0.192. The lowest BCUT2D eigenvalue weighted by atomic mass is 10.2. The van der Waals surface area contributed by atoms with Gasteiger partial charge in [-0.2, -0.15) is 13.2 Å². The smallest absolute Gasteiger partial charge is 0.478 e. The molecule has 0 bridgehead atoms. The van der Waals surface area contributed by atoms with Crippen LogP contribution in [0.25, 0.3) is 0 Å². The molecule has 14 heteroatoms. The molecule has 186 valence electrons. The maximum atomic E-state index is 12.5. The van der Waals surface area contributed by atoms with E-state index in [9.17, 15) is 36.3 Å². The third-order valence-corrected chi connectivity index (χ3v) is 5.62. The van der Waals surface area contributed by atoms with Gasteiger partial charge in [-0.3, -0.25) is 9.52 Å². The van der Waals surface area contributed by atoms with Crippen LogP contribution in [0.5, 0.6) is 0 Å². The van der Waals surface area contributed by atoms with E-state index in [1.165, 1.54) is 43.5 Å². The summed E-state index contributed by atoms with van der Waals surface area (Å²) in [6.07, 6.45) is -3.80. The zero-order valence-corrected chi connectivity index (χ0v) is 19.1. The van der Waals surface area contributed by atoms with E-state index in [-0.39, 0.29) is 27.7 Å². The molecule has 0 amide bonds. The van der Waals surface area contributed by atoms with E-state index in [1.54, 1.807) is 4.90 Å². The Morgan fingerprint density at radius 2 is 1.56 bits per heavy atom. The average molecular weight is 505 g/mol. The Morgan fingerprint density at radius 1 is 1.06 bits per heavy atom. The van der Waals surface area contributed by atoms with Gasteiger partial charge in [0.25, 0.3) is 10.0 Å². The van der Waals surface area contributed by atoms with E-state index >= 15 is 0 Å². The summed E-state index contributed by atoms with van der Waals surface area (Å²) in [7, 11) is -3.95. The molecule has 34 heavy (non-hydrogen) atoms. The van der Waals surface area contributed by atoms with Crippen LogP contribution in [0.15, 0.2) is 41.4 Å². The molecular formula is C20H22F3N3O7S. The van der Waals surface area contributed by atoms with E-state index in [2.05, 4.69) is 9.71 Å². The number of carboxylic acids is 2. The van der Waals surface area contributed by atoms with Crippen molar-refractivity contribution in [3.05, 3.63) is 47.7 Å². The summed E-state index contributed by atoms with van der Waals surface area (Å²) in [5.41, 5.74) is 0.345. The number of pyridine rings is 1. The first-order valence-electron chi connectivity index (χ1n) is 9.56. The van der Waals surface area contributed by atoms with Crippen molar-refractivity contribution in [2.24, 2.45) is 0 Å². The molecular weight excluding hydrogens is 483 g/mol. The third-order valence-electron chi connectivity index (χ3n) is 4.23. The maximum absolute atomic E-state index is 12.5. The summed E-state index contributed by atoms with van der Waals surface area (Å²) >= 11 is 0. The average Bonchev–Trinajstić information content (AvgIpc) is 2.74. The van der Waals surface area contributed by atoms with E-state index in [1.807, 2.05) is 13.8 Å². The number of carbonyl (C=O) groups excluding carboxylic acids is 1. The molecule has 0 unspecified atom stereocenters. The van der Waals surface area contributed by atoms with Crippen molar-refractivity contribution in [3.8, 4) is 0 Å². The number of benzene rings is 1. The van der Waals surface area contributed by atoms with Gasteiger partial charge in [0.05, 0.1) is 16.8 Å². The first-order valence-corrected chi connectivity index (χ1v) is 11.0. The molecule has 3 N–H and O–H groups in total. The van der Waals surface area contributed by atoms with Gasteiger partial charge in [0.1, 0.15) is 11.4 Å². The highest BCUT2D eigenvalue weighted by atomic mass is 32.2. The molecule has 0 atom stereocenters. The Kier molecular flexibility index (Phi) is 9.55. The number of anilines is 2. The van der Waals surface area contributed by atoms with Gasteiger partial charge in [0.15, 0.2) is 5.78 Å². The Bertz CT molecular complexity index is 1150. The highest BCUT2D eigenvalue weighted by Crippen LogP contribution is 2.23. The number of nitrogens with zero attached hydrogens (tertiary/aromatic N) is 2. The van der Waals surface area contributed by atoms with Crippen molar-refractivity contribution in [2.75, 3.05) is 22.7 Å². The summed E-state index contributed by atoms with van der Waals surface area (Å²) in [5, 5.41) is 16.6. The van der Waals surface area contributed by atoms with Crippen molar-refractivity contribution in [1.82, 2.24) is 4.98 Å². The summed E-state index contributed by atoms with van der Waals surface area (Å²) in [5.74, 6) is -3.85. The first-order chi connectivity index (χ1) is 15.6. The number of aromatic carboxylic acids is 1. The summed E-state index contributed by atoms with van der Waals surface area (Å²) in [4.78, 5) is 37.6. The molecule has 0 aliphatic carbocycles. The number of Topliss-reactive ketones (excluding diaryl/α,β-unsaturated/α-hetero) is 1. The van der Waals surface area contributed by atoms with Gasteiger partial charge in [-0.1, -0.05) is 12.1 Å². The van der Waals surface area contributed by atoms with Crippen LogP contribution in [0.3, 0.4) is 0 Å². The number of aromatic nitrogens is 1. The van der Waals surface area contributed by atoms with Crippen molar-refractivity contribution < 1.29 is 46.2 Å². The van der Waals surface area contributed by atoms with Gasteiger partial charge in [0.2, 0.25) is 0 Å². The number of hydrogen-bond donors (Lipinski definition) is 3. The highest BCUT2D eigenvalue weighted by Gasteiger charge is 2.38. The van der Waals surface area contributed by atoms with E-state index in [4.69, 9.17) is 9.90 Å². The molecule has 0 saturated carbocycles. The Balaban J connectivity index is 0.000000718. The molecule has 2 aromatic rings. The van der Waals surface area contributed by atoms with Crippen molar-refractivity contribution >= 4 is 39.3 Å². The van der Waals surface area contributed by atoms with Crippen LogP contribution in [0.1, 0.15) is 41.5 Å². The van der Waals surface area contributed by atoms with Gasteiger partial charge in [-0.05, 0) is 39.0 Å². The maximum Gasteiger partial charge on any atom is 0.490 e. The van der Waals surface area contributed by atoms with Crippen molar-refractivity contribution in [3.63, 3.8) is 0 Å². The fourth-order valence-electron chi connectivity index (χ4n) is 2.53. The number of nitrogens with one attached hydrogen (secondary N) is 1. The minimum atomic E-state index is -5.08. The van der Waals surface area contributed by atoms with Gasteiger partial charge >= 0.3 is 18.1 Å². The predicted molar refractivity (Wildman–Crippen MR) is 116 cm³/mol. The minimum Gasteiger partial charge on any atom is -0.478 e. The fraction of sp³-hybridized carbons (Fsp3) is 0.300. The van der Waals surface area contributed by atoms with Crippen LogP contribution in [0.4, 0.5) is 24.7 Å². The number of alkyl halides is 3. The second-order valence-corrected chi connectivity index (χ2v) is 8.24. The normalized spacial score (nSPS) is 11.1. The lowest BCUT2D eigenvalue weighted by Crippen LogP contribution is -2.25. The summed E-state index contributed by atoms with van der Waals surface area (Å²) < 4.78 is 59.1. The quantitative estimate of drug-likeness (QED) is 0.459. The summed E-state index contributed by atoms with van der Waals surface area (Å²) in [6.45, 7) is 6.27. The molecule has 10 nitrogen and oxygen atoms in total. The van der Waals surface area contributed by atoms with Crippen LogP contribution in [-0.2, 0) is 14.8 Å². The lowest BCUT2D eigenvalue weighted by Gasteiger charge is -2.22. The number of rotatable bonds is 8. The van der Waals surface area contributed by atoms with E-state index < -0.39 is 28.1 Å². The fourth-order valence-corrected chi connectivity index (χ4v) is 3.56. The second kappa shape index (κ2) is 11.4. The molecule has 1 aromatic heterocycles. The molecule has 0 saturated heterocycles. The number of sulfonamides is 1. The standard InChI is InChI=1S/C18H21N3O5S.C2HF3O2/c1-4-21(5-2)17-16(18(23)24)10-14(11-19-17)20-27(25,26)15-8-6-13(7-9-15)12(3)22;3-2(4,5)1(6)7/h6-11,20H,4-5H2,1-3H3,(H,23,24);(H,6,7). The molecule has 2 rings (SSSR count). The number of halogens is 3. The van der Waals surface area contributed by atoms with Gasteiger partial charge in [-0.25, -0.2) is 23.0 Å². The molecule has 0 aliphatic heterocycles. The number of carboxylic acid groups (broad SMARTS) is 2. The highest BCUT2D eigenvalue weighted by molar-refractivity contribution is 7.92. The number of carbonyl (C=O) groups is 3. The number of hydrogen-bond acceptors (Lipinski definition) is 7. The third kappa shape index (κ3) is 7.72. The minimum absolute atomic E-state index is 0.0407. The van der Waals surface area contributed by atoms with E-state index in [0.717, 1.165) is 0 Å². The molecule has 0 fully saturated rings. The second-order valence-electron chi connectivity index (χ2n) is 6.56. The molecule has 0 spiro atoms. The molecule has 1 aromatic carbocycles. The number of ketones is 1. The van der Waals surface area contributed by atoms with Crippen LogP contribution < -0.4 is 9.62 Å². The van der Waals surface area contributed by atoms with Crippen LogP contribution in [0, 0.1) is 0 Å². The molecule has 0 radical (unpaired) electrons. The van der Waals surface area contributed by atoms with Gasteiger partial charge in [-0.15, -0.1) is 0 Å². The first kappa shape index (κ1) is 28.4. The zero-order valence-electron chi connectivity index (χ0n) is 18.3. The largest absolute Gasteiger partial charge is 0.490 e. The van der Waals surface area contributed by atoms with Crippen LogP contribution in [0.2, 0.25) is 0 Å².